The summed E-state index contributed by atoms with van der Waals surface area (Å²) in [5.41, 5.74) is 0.854. The third-order valence-electron chi connectivity index (χ3n) is 4.08. The summed E-state index contributed by atoms with van der Waals surface area (Å²) < 4.78 is 39.9. The molecule has 32 heavy (non-hydrogen) atoms. The van der Waals surface area contributed by atoms with Crippen molar-refractivity contribution in [3.05, 3.63) is 48.0 Å². The van der Waals surface area contributed by atoms with Crippen LogP contribution in [0.15, 0.2) is 47.4 Å². The fourth-order valence-corrected chi connectivity index (χ4v) is 3.55. The topological polar surface area (TPSA) is 163 Å². The molecular weight excluding hydrogens is 440 g/mol. The Morgan fingerprint density at radius 2 is 1.69 bits per heavy atom. The van der Waals surface area contributed by atoms with Crippen LogP contribution in [-0.2, 0) is 16.4 Å². The molecule has 0 unspecified atom stereocenters. The second-order valence-corrected chi connectivity index (χ2v) is 8.10. The van der Waals surface area contributed by atoms with E-state index < -0.39 is 16.2 Å². The first kappa shape index (κ1) is 27.0. The molecule has 0 aliphatic carbocycles. The van der Waals surface area contributed by atoms with Gasteiger partial charge in [-0.15, -0.1) is 0 Å². The number of carbonyl (C=O) groups is 1. The van der Waals surface area contributed by atoms with E-state index in [0.29, 0.717) is 31.9 Å². The molecular formula is C21H28N2O8S-2. The smallest absolute Gasteiger partial charge is 0.241 e. The molecule has 10 nitrogen and oxygen atoms in total. The summed E-state index contributed by atoms with van der Waals surface area (Å²) in [7, 11) is -2.43. The van der Waals surface area contributed by atoms with Crippen molar-refractivity contribution in [3.8, 4) is 17.2 Å². The van der Waals surface area contributed by atoms with Crippen LogP contribution in [0.25, 0.3) is 0 Å². The molecule has 2 rings (SSSR count). The van der Waals surface area contributed by atoms with Gasteiger partial charge in [0.2, 0.25) is 10.0 Å². The number of sulfonamides is 1. The van der Waals surface area contributed by atoms with E-state index in [1.807, 2.05) is 44.2 Å². The molecule has 0 heterocycles. The largest absolute Gasteiger partial charge is 0.652 e. The number of carboxylic acid groups (broad SMARTS) is 2. The lowest BCUT2D eigenvalue weighted by molar-refractivity contribution is -0.415. The Labute approximate surface area is 188 Å². The summed E-state index contributed by atoms with van der Waals surface area (Å²) >= 11 is 0. The monoisotopic (exact) mass is 468 g/mol. The standard InChI is InChI=1S/C20H28N2O5S.CH2O3/c1-4-26-17-7-5-6-8-18(17)27-12-11-22-15(2)13-16-9-10-19(25-3)20(14-16)28(21,23)24;2-1(3)4/h5-10,14-15,22H,4,11-13H2,1-3H3,(H2,21,23,24);(H2,2,3,4)/p-2/t15-;/m1./s1. The van der Waals surface area contributed by atoms with E-state index in [9.17, 15) is 8.42 Å². The average Bonchev–Trinajstić information content (AvgIpc) is 2.71. The molecule has 0 spiro atoms. The minimum Gasteiger partial charge on any atom is -0.652 e. The Balaban J connectivity index is 0.00000118. The van der Waals surface area contributed by atoms with Crippen molar-refractivity contribution in [2.24, 2.45) is 5.14 Å². The number of hydrogen-bond acceptors (Lipinski definition) is 9. The fourth-order valence-electron chi connectivity index (χ4n) is 2.81. The lowest BCUT2D eigenvalue weighted by Gasteiger charge is -2.16. The first-order valence-corrected chi connectivity index (χ1v) is 11.3. The van der Waals surface area contributed by atoms with Crippen LogP contribution in [0, 0.1) is 0 Å². The van der Waals surface area contributed by atoms with Gasteiger partial charge in [0.25, 0.3) is 0 Å². The maximum Gasteiger partial charge on any atom is 0.241 e. The number of ether oxygens (including phenoxy) is 3. The molecule has 0 amide bonds. The van der Waals surface area contributed by atoms with E-state index in [2.05, 4.69) is 5.32 Å². The van der Waals surface area contributed by atoms with Crippen molar-refractivity contribution in [1.29, 1.82) is 0 Å². The number of para-hydroxylation sites is 2. The molecule has 0 saturated carbocycles. The van der Waals surface area contributed by atoms with Gasteiger partial charge in [-0.2, -0.15) is 0 Å². The quantitative estimate of drug-likeness (QED) is 0.428. The Bertz CT molecular complexity index is 962. The summed E-state index contributed by atoms with van der Waals surface area (Å²) in [6.45, 7) is 5.66. The van der Waals surface area contributed by atoms with E-state index in [0.717, 1.165) is 11.3 Å². The first-order chi connectivity index (χ1) is 15.1. The van der Waals surface area contributed by atoms with Gasteiger partial charge in [-0.25, -0.2) is 13.6 Å². The molecule has 0 aliphatic heterocycles. The molecule has 0 aliphatic rings. The van der Waals surface area contributed by atoms with Gasteiger partial charge in [0.1, 0.15) is 17.3 Å². The Morgan fingerprint density at radius 3 is 2.22 bits per heavy atom. The van der Waals surface area contributed by atoms with Crippen molar-refractivity contribution in [3.63, 3.8) is 0 Å². The molecule has 3 N–H and O–H groups in total. The summed E-state index contributed by atoms with van der Waals surface area (Å²) in [4.78, 5) is 8.33. The van der Waals surface area contributed by atoms with Gasteiger partial charge in [0, 0.05) is 12.6 Å². The number of carbonyl (C=O) groups excluding carboxylic acids is 1. The van der Waals surface area contributed by atoms with E-state index in [-0.39, 0.29) is 16.7 Å². The third-order valence-corrected chi connectivity index (χ3v) is 5.01. The Morgan fingerprint density at radius 1 is 1.09 bits per heavy atom. The number of nitrogens with one attached hydrogen (secondary N) is 1. The van der Waals surface area contributed by atoms with Crippen molar-refractivity contribution >= 4 is 16.2 Å². The predicted molar refractivity (Wildman–Crippen MR) is 114 cm³/mol. The molecule has 11 heteroatoms. The number of rotatable bonds is 11. The van der Waals surface area contributed by atoms with Gasteiger partial charge in [0.05, 0.1) is 13.7 Å². The van der Waals surface area contributed by atoms with Gasteiger partial charge in [-0.3, -0.25) is 0 Å². The normalized spacial score (nSPS) is 11.6. The van der Waals surface area contributed by atoms with E-state index >= 15 is 0 Å². The van der Waals surface area contributed by atoms with Crippen molar-refractivity contribution in [1.82, 2.24) is 5.32 Å². The van der Waals surface area contributed by atoms with Crippen LogP contribution in [-0.4, -0.2) is 47.5 Å². The Hall–Kier alpha value is -3.02. The van der Waals surface area contributed by atoms with Gasteiger partial charge in [-0.1, -0.05) is 18.2 Å². The molecule has 0 aromatic heterocycles. The first-order valence-electron chi connectivity index (χ1n) is 9.74. The highest BCUT2D eigenvalue weighted by molar-refractivity contribution is 7.89. The van der Waals surface area contributed by atoms with Crippen LogP contribution >= 0.6 is 0 Å². The number of hydrogen-bond donors (Lipinski definition) is 2. The highest BCUT2D eigenvalue weighted by Crippen LogP contribution is 2.26. The van der Waals surface area contributed by atoms with Crippen LogP contribution < -0.4 is 34.9 Å². The molecule has 0 radical (unpaired) electrons. The highest BCUT2D eigenvalue weighted by Gasteiger charge is 2.16. The van der Waals surface area contributed by atoms with E-state index in [1.165, 1.54) is 7.11 Å². The van der Waals surface area contributed by atoms with E-state index in [1.54, 1.807) is 12.1 Å². The second-order valence-electron chi connectivity index (χ2n) is 6.57. The number of nitrogens with two attached hydrogens (primary N) is 1. The number of methoxy groups -OCH3 is 1. The van der Waals surface area contributed by atoms with Crippen LogP contribution in [0.5, 0.6) is 17.2 Å². The van der Waals surface area contributed by atoms with Crippen molar-refractivity contribution in [2.45, 2.75) is 31.2 Å². The minimum atomic E-state index is -3.84. The number of benzene rings is 2. The average molecular weight is 469 g/mol. The predicted octanol–water partition coefficient (Wildman–Crippen LogP) is -0.106. The molecule has 1 atom stereocenters. The highest BCUT2D eigenvalue weighted by atomic mass is 32.2. The summed E-state index contributed by atoms with van der Waals surface area (Å²) in [6.07, 6.45) is -1.69. The maximum atomic E-state index is 11.7. The zero-order valence-corrected chi connectivity index (χ0v) is 19.0. The van der Waals surface area contributed by atoms with Gasteiger partial charge in [0.15, 0.2) is 11.5 Å². The molecule has 2 aromatic rings. The zero-order valence-electron chi connectivity index (χ0n) is 18.2. The van der Waals surface area contributed by atoms with Gasteiger partial charge < -0.3 is 34.5 Å². The van der Waals surface area contributed by atoms with Crippen molar-refractivity contribution in [2.75, 3.05) is 26.9 Å². The molecule has 0 fully saturated rings. The second kappa shape index (κ2) is 13.4. The summed E-state index contributed by atoms with van der Waals surface area (Å²) in [6, 6.07) is 12.7. The van der Waals surface area contributed by atoms with Crippen LogP contribution in [0.3, 0.4) is 0 Å². The van der Waals surface area contributed by atoms with Crippen molar-refractivity contribution < 1.29 is 37.6 Å². The van der Waals surface area contributed by atoms with Gasteiger partial charge in [-0.05, 0) is 56.3 Å². The molecule has 2 aromatic carbocycles. The Kier molecular flexibility index (Phi) is 11.3. The third kappa shape index (κ3) is 9.86. The lowest BCUT2D eigenvalue weighted by atomic mass is 10.1. The van der Waals surface area contributed by atoms with E-state index in [4.69, 9.17) is 34.4 Å². The number of primary sulfonamides is 1. The van der Waals surface area contributed by atoms with Crippen LogP contribution in [0.4, 0.5) is 4.79 Å². The van der Waals surface area contributed by atoms with Crippen LogP contribution in [0.1, 0.15) is 19.4 Å². The maximum absolute atomic E-state index is 11.7. The fraction of sp³-hybridized carbons (Fsp3) is 0.381. The molecule has 0 bridgehead atoms. The SMILES string of the molecule is CCOc1ccccc1OCCN[C@H](C)Cc1ccc(OC)c(S(N)(=O)=O)c1.O=C([O-])[O-]. The summed E-state index contributed by atoms with van der Waals surface area (Å²) in [5, 5.41) is 25.3. The molecule has 0 saturated heterocycles. The molecule has 178 valence electrons. The van der Waals surface area contributed by atoms with Crippen LogP contribution in [0.2, 0.25) is 0 Å². The van der Waals surface area contributed by atoms with Gasteiger partial charge >= 0.3 is 0 Å². The minimum absolute atomic E-state index is 0.00411. The lowest BCUT2D eigenvalue weighted by Crippen LogP contribution is -2.37. The summed E-state index contributed by atoms with van der Waals surface area (Å²) in [5.74, 6) is 1.69. The zero-order chi connectivity index (χ0) is 24.1.